The summed E-state index contributed by atoms with van der Waals surface area (Å²) in [5.41, 5.74) is 1.58. The fourth-order valence-corrected chi connectivity index (χ4v) is 5.07. The van der Waals surface area contributed by atoms with Crippen LogP contribution in [0.2, 0.25) is 0 Å². The van der Waals surface area contributed by atoms with Gasteiger partial charge in [0.2, 0.25) is 0 Å². The number of carbonyl (C=O) groups is 2. The number of likely N-dealkylation sites (tertiary alicyclic amines) is 1. The molecule has 1 saturated heterocycles. The van der Waals surface area contributed by atoms with Crippen LogP contribution in [-0.2, 0) is 6.54 Å². The number of rotatable bonds is 10. The third kappa shape index (κ3) is 6.78. The van der Waals surface area contributed by atoms with Crippen molar-refractivity contribution in [3.63, 3.8) is 0 Å². The van der Waals surface area contributed by atoms with Crippen LogP contribution >= 0.6 is 0 Å². The van der Waals surface area contributed by atoms with Crippen molar-refractivity contribution in [3.8, 4) is 17.2 Å². The second-order valence-corrected chi connectivity index (χ2v) is 12.1. The van der Waals surface area contributed by atoms with Crippen LogP contribution in [-0.4, -0.2) is 65.9 Å². The van der Waals surface area contributed by atoms with Gasteiger partial charge in [-0.15, -0.1) is 0 Å². The van der Waals surface area contributed by atoms with Crippen LogP contribution in [0, 0.1) is 17.2 Å². The Morgan fingerprint density at radius 1 is 1.14 bits per heavy atom. The van der Waals surface area contributed by atoms with Gasteiger partial charge in [-0.05, 0) is 72.3 Å². The Labute approximate surface area is 254 Å². The van der Waals surface area contributed by atoms with E-state index in [2.05, 4.69) is 29.5 Å². The van der Waals surface area contributed by atoms with Crippen molar-refractivity contribution in [3.05, 3.63) is 75.2 Å². The highest BCUT2D eigenvalue weighted by Crippen LogP contribution is 2.35. The number of benzene rings is 1. The topological polar surface area (TPSA) is 123 Å². The van der Waals surface area contributed by atoms with Crippen LogP contribution in [0.4, 0.5) is 20.4 Å². The molecule has 2 N–H and O–H groups in total. The van der Waals surface area contributed by atoms with Gasteiger partial charge in [0.05, 0.1) is 24.7 Å². The van der Waals surface area contributed by atoms with Crippen LogP contribution in [0.3, 0.4) is 0 Å². The fraction of sp³-hybridized carbons (Fsp3) is 0.406. The van der Waals surface area contributed by atoms with Crippen molar-refractivity contribution in [2.24, 2.45) is 5.92 Å². The molecule has 2 aliphatic rings. The minimum Gasteiger partial charge on any atom is -0.363 e. The molecule has 0 bridgehead atoms. The summed E-state index contributed by atoms with van der Waals surface area (Å²) in [5, 5.41) is 15.6. The molecule has 1 saturated carbocycles. The number of nitrogens with zero attached hydrogens (tertiary/aromatic N) is 5. The molecule has 44 heavy (non-hydrogen) atoms. The van der Waals surface area contributed by atoms with Gasteiger partial charge in [0.15, 0.2) is 0 Å². The molecule has 0 radical (unpaired) electrons. The van der Waals surface area contributed by atoms with E-state index >= 15 is 0 Å². The molecule has 1 aromatic carbocycles. The second kappa shape index (κ2) is 12.2. The molecule has 10 nitrogen and oxygen atoms in total. The highest BCUT2D eigenvalue weighted by molar-refractivity contribution is 6.05. The second-order valence-electron chi connectivity index (χ2n) is 12.1. The molecule has 0 unspecified atom stereocenters. The van der Waals surface area contributed by atoms with E-state index in [0.717, 1.165) is 29.8 Å². The molecule has 1 aliphatic carbocycles. The average molecular weight is 604 g/mol. The number of amides is 2. The Bertz CT molecular complexity index is 1700. The van der Waals surface area contributed by atoms with E-state index in [0.29, 0.717) is 29.4 Å². The van der Waals surface area contributed by atoms with Gasteiger partial charge in [-0.25, -0.2) is 13.8 Å². The zero-order chi connectivity index (χ0) is 31.8. The maximum atomic E-state index is 13.6. The van der Waals surface area contributed by atoms with Crippen molar-refractivity contribution in [2.75, 3.05) is 43.9 Å². The Balaban J connectivity index is 1.50. The van der Waals surface area contributed by atoms with Crippen molar-refractivity contribution in [2.45, 2.75) is 45.2 Å². The lowest BCUT2D eigenvalue weighted by Gasteiger charge is -2.39. The summed E-state index contributed by atoms with van der Waals surface area (Å²) in [7, 11) is 3.51. The lowest BCUT2D eigenvalue weighted by Crippen LogP contribution is -2.58. The lowest BCUT2D eigenvalue weighted by atomic mass is 9.95. The number of carbonyl (C=O) groups excluding carboxylic acids is 2. The Morgan fingerprint density at radius 2 is 1.86 bits per heavy atom. The summed E-state index contributed by atoms with van der Waals surface area (Å²) in [6.45, 7) is 4.08. The van der Waals surface area contributed by atoms with Crippen LogP contribution in [0.1, 0.15) is 64.6 Å². The lowest BCUT2D eigenvalue weighted by molar-refractivity contribution is -0.113. The van der Waals surface area contributed by atoms with E-state index in [1.165, 1.54) is 12.1 Å². The molecule has 2 amide bonds. The number of hydrogen-bond acceptors (Lipinski definition) is 7. The molecule has 230 valence electrons. The normalized spacial score (nSPS) is 15.5. The number of nitriles is 1. The largest absolute Gasteiger partial charge is 0.363 e. The first kappa shape index (κ1) is 30.8. The molecular formula is C32H35F2N7O3. The van der Waals surface area contributed by atoms with Gasteiger partial charge in [0.25, 0.3) is 23.3 Å². The van der Waals surface area contributed by atoms with E-state index in [4.69, 9.17) is 0 Å². The summed E-state index contributed by atoms with van der Waals surface area (Å²) < 4.78 is 28.8. The molecule has 0 atom stereocenters. The molecule has 12 heteroatoms. The summed E-state index contributed by atoms with van der Waals surface area (Å²) in [5.74, 6) is -3.18. The monoisotopic (exact) mass is 603 g/mol. The van der Waals surface area contributed by atoms with Gasteiger partial charge >= 0.3 is 0 Å². The van der Waals surface area contributed by atoms with Crippen molar-refractivity contribution in [1.82, 2.24) is 19.8 Å². The van der Waals surface area contributed by atoms with Crippen LogP contribution < -0.4 is 21.1 Å². The van der Waals surface area contributed by atoms with Gasteiger partial charge in [0, 0.05) is 38.4 Å². The number of pyridine rings is 2. The molecule has 2 fully saturated rings. The zero-order valence-electron chi connectivity index (χ0n) is 25.2. The van der Waals surface area contributed by atoms with E-state index in [1.54, 1.807) is 47.8 Å². The van der Waals surface area contributed by atoms with Crippen molar-refractivity contribution < 1.29 is 18.4 Å². The predicted octanol–water partition coefficient (Wildman–Crippen LogP) is 4.27. The van der Waals surface area contributed by atoms with Crippen molar-refractivity contribution in [1.29, 1.82) is 5.26 Å². The molecule has 3 heterocycles. The highest BCUT2D eigenvalue weighted by Gasteiger charge is 2.46. The zero-order valence-corrected chi connectivity index (χ0v) is 25.2. The predicted molar refractivity (Wildman–Crippen MR) is 163 cm³/mol. The maximum absolute atomic E-state index is 13.6. The number of anilines is 2. The summed E-state index contributed by atoms with van der Waals surface area (Å²) in [6.07, 6.45) is 3.56. The SMILES string of the molecule is CC(C)CNCc1cc(C(=O)Nc2cc(-c3ccc(C#N)cc3C(=O)N3CC(F)(F)C3)cc(N(C)C)n2)c(=O)n(C2CC2)c1. The van der Waals surface area contributed by atoms with Crippen LogP contribution in [0.25, 0.3) is 11.1 Å². The third-order valence-corrected chi connectivity index (χ3v) is 7.50. The van der Waals surface area contributed by atoms with E-state index in [1.807, 2.05) is 12.3 Å². The molecule has 2 aromatic heterocycles. The Morgan fingerprint density at radius 3 is 2.48 bits per heavy atom. The van der Waals surface area contributed by atoms with Gasteiger partial charge in [-0.1, -0.05) is 19.9 Å². The fourth-order valence-electron chi connectivity index (χ4n) is 5.07. The van der Waals surface area contributed by atoms with E-state index < -0.39 is 30.8 Å². The summed E-state index contributed by atoms with van der Waals surface area (Å²) in [6, 6.07) is 11.4. The summed E-state index contributed by atoms with van der Waals surface area (Å²) >= 11 is 0. The first-order valence-corrected chi connectivity index (χ1v) is 14.5. The Kier molecular flexibility index (Phi) is 8.52. The number of aromatic nitrogens is 2. The first-order chi connectivity index (χ1) is 20.8. The van der Waals surface area contributed by atoms with Crippen molar-refractivity contribution >= 4 is 23.5 Å². The maximum Gasteiger partial charge on any atom is 0.282 e. The number of alkyl halides is 2. The average Bonchev–Trinajstić information content (AvgIpc) is 3.81. The smallest absolute Gasteiger partial charge is 0.282 e. The van der Waals surface area contributed by atoms with Crippen LogP contribution in [0.15, 0.2) is 47.4 Å². The quantitative estimate of drug-likeness (QED) is 0.355. The molecular weight excluding hydrogens is 568 g/mol. The van der Waals surface area contributed by atoms with Crippen LogP contribution in [0.5, 0.6) is 0 Å². The standard InChI is InChI=1S/C32H35F2N7O3/c1-19(2)14-36-15-21-10-26(31(44)41(16-21)23-6-7-23)29(42)38-27-11-22(12-28(37-27)39(3)4)24-8-5-20(13-35)9-25(24)30(43)40-17-32(33,34)18-40/h5,8-12,16,19,23,36H,6-7,14-15,17-18H2,1-4H3,(H,37,38,42). The third-order valence-electron chi connectivity index (χ3n) is 7.50. The minimum absolute atomic E-state index is 0.00713. The van der Waals surface area contributed by atoms with Gasteiger partial charge < -0.3 is 25.0 Å². The molecule has 1 aliphatic heterocycles. The molecule has 5 rings (SSSR count). The highest BCUT2D eigenvalue weighted by atomic mass is 19.3. The summed E-state index contributed by atoms with van der Waals surface area (Å²) in [4.78, 5) is 47.5. The van der Waals surface area contributed by atoms with Gasteiger partial charge in [0.1, 0.15) is 17.2 Å². The molecule has 0 spiro atoms. The number of halogens is 2. The Hall–Kier alpha value is -4.63. The first-order valence-electron chi connectivity index (χ1n) is 14.5. The number of nitrogens with one attached hydrogen (secondary N) is 2. The van der Waals surface area contributed by atoms with E-state index in [9.17, 15) is 28.4 Å². The van der Waals surface area contributed by atoms with Gasteiger partial charge in [-0.3, -0.25) is 14.4 Å². The van der Waals surface area contributed by atoms with E-state index in [-0.39, 0.29) is 34.1 Å². The number of hydrogen-bond donors (Lipinski definition) is 2. The van der Waals surface area contributed by atoms with Gasteiger partial charge in [-0.2, -0.15) is 5.26 Å². The molecule has 3 aromatic rings. The minimum atomic E-state index is -2.95.